The van der Waals surface area contributed by atoms with Gasteiger partial charge in [-0.15, -0.1) is 0 Å². The normalized spacial score (nSPS) is 14.7. The first-order valence-corrected chi connectivity index (χ1v) is 10.2. The van der Waals surface area contributed by atoms with Crippen LogP contribution in [0.15, 0.2) is 35.5 Å². The van der Waals surface area contributed by atoms with Crippen molar-refractivity contribution in [1.82, 2.24) is 19.4 Å². The van der Waals surface area contributed by atoms with E-state index in [0.717, 1.165) is 0 Å². The van der Waals surface area contributed by atoms with E-state index in [1.165, 1.54) is 16.7 Å². The number of anilines is 1. The molecule has 0 aliphatic carbocycles. The summed E-state index contributed by atoms with van der Waals surface area (Å²) in [5, 5.41) is 9.43. The molecule has 0 spiro atoms. The highest BCUT2D eigenvalue weighted by Crippen LogP contribution is 2.29. The number of ether oxygens (including phenoxy) is 1. The Morgan fingerprint density at radius 3 is 2.85 bits per heavy atom. The van der Waals surface area contributed by atoms with Gasteiger partial charge in [-0.25, -0.2) is 13.2 Å². The van der Waals surface area contributed by atoms with E-state index in [-0.39, 0.29) is 30.6 Å². The number of rotatable bonds is 5. The number of aromatic nitrogens is 2. The first kappa shape index (κ1) is 19.2. The van der Waals surface area contributed by atoms with E-state index in [0.29, 0.717) is 30.1 Å². The summed E-state index contributed by atoms with van der Waals surface area (Å²) < 4.78 is 34.6. The van der Waals surface area contributed by atoms with Crippen LogP contribution in [0.2, 0.25) is 0 Å². The first-order valence-electron chi connectivity index (χ1n) is 8.77. The monoisotopic (exact) mass is 393 g/mol. The van der Waals surface area contributed by atoms with Gasteiger partial charge < -0.3 is 15.4 Å². The Morgan fingerprint density at radius 2 is 2.15 bits per heavy atom. The summed E-state index contributed by atoms with van der Waals surface area (Å²) >= 11 is 0. The van der Waals surface area contributed by atoms with E-state index in [9.17, 15) is 13.2 Å². The van der Waals surface area contributed by atoms with Crippen molar-refractivity contribution in [3.05, 3.63) is 36.2 Å². The van der Waals surface area contributed by atoms with Crippen LogP contribution in [0.1, 0.15) is 19.4 Å². The third-order valence-electron chi connectivity index (χ3n) is 4.17. The molecular formula is C17H23N5O4S. The molecule has 146 valence electrons. The van der Waals surface area contributed by atoms with Gasteiger partial charge in [-0.2, -0.15) is 9.40 Å². The Bertz CT molecular complexity index is 925. The summed E-state index contributed by atoms with van der Waals surface area (Å²) in [7, 11) is -3.69. The number of nitrogens with zero attached hydrogens (tertiary/aromatic N) is 3. The molecule has 9 nitrogen and oxygen atoms in total. The van der Waals surface area contributed by atoms with Crippen LogP contribution in [0.25, 0.3) is 0 Å². The highest BCUT2D eigenvalue weighted by molar-refractivity contribution is 7.89. The average molecular weight is 393 g/mol. The van der Waals surface area contributed by atoms with Crippen molar-refractivity contribution in [2.45, 2.75) is 31.8 Å². The van der Waals surface area contributed by atoms with Crippen molar-refractivity contribution in [3.8, 4) is 5.75 Å². The second kappa shape index (κ2) is 7.97. The van der Waals surface area contributed by atoms with Crippen LogP contribution in [0.5, 0.6) is 5.75 Å². The lowest BCUT2D eigenvalue weighted by molar-refractivity contribution is 0.252. The summed E-state index contributed by atoms with van der Waals surface area (Å²) in [6, 6.07) is 4.88. The topological polar surface area (TPSA) is 106 Å². The second-order valence-corrected chi connectivity index (χ2v) is 7.96. The fourth-order valence-corrected chi connectivity index (χ4v) is 4.15. The molecule has 0 bridgehead atoms. The van der Waals surface area contributed by atoms with E-state index in [1.807, 2.05) is 13.8 Å². The van der Waals surface area contributed by atoms with Crippen molar-refractivity contribution in [2.24, 2.45) is 0 Å². The zero-order valence-corrected chi connectivity index (χ0v) is 16.1. The maximum Gasteiger partial charge on any atom is 0.319 e. The standard InChI is InChI=1S/C17H23N5O4S/c1-3-18-17(23)20-14-5-6-16-13(9-14)11-22(7-8-26-16)27(24,25)15-10-19-21(4-2)12-15/h5-6,9-10,12H,3-4,7-8,11H2,1-2H3,(H2,18,20,23). The predicted octanol–water partition coefficient (Wildman–Crippen LogP) is 1.63. The smallest absolute Gasteiger partial charge is 0.319 e. The Labute approximate surface area is 158 Å². The summed E-state index contributed by atoms with van der Waals surface area (Å²) in [5.74, 6) is 0.610. The van der Waals surface area contributed by atoms with E-state index < -0.39 is 10.0 Å². The molecule has 1 aliphatic rings. The predicted molar refractivity (Wildman–Crippen MR) is 100 cm³/mol. The van der Waals surface area contributed by atoms with Crippen molar-refractivity contribution in [2.75, 3.05) is 25.0 Å². The highest BCUT2D eigenvalue weighted by Gasteiger charge is 2.29. The van der Waals surface area contributed by atoms with Gasteiger partial charge in [-0.05, 0) is 32.0 Å². The summed E-state index contributed by atoms with van der Waals surface area (Å²) in [4.78, 5) is 11.9. The van der Waals surface area contributed by atoms with E-state index in [2.05, 4.69) is 15.7 Å². The van der Waals surface area contributed by atoms with Crippen molar-refractivity contribution in [3.63, 3.8) is 0 Å². The number of fused-ring (bicyclic) bond motifs is 1. The van der Waals surface area contributed by atoms with Gasteiger partial charge >= 0.3 is 6.03 Å². The van der Waals surface area contributed by atoms with Crippen molar-refractivity contribution < 1.29 is 17.9 Å². The molecule has 3 rings (SSSR count). The maximum absolute atomic E-state index is 13.0. The summed E-state index contributed by atoms with van der Waals surface area (Å²) in [6.45, 7) is 5.45. The molecule has 2 N–H and O–H groups in total. The SMILES string of the molecule is CCNC(=O)Nc1ccc2c(c1)CN(S(=O)(=O)c1cnn(CC)c1)CCO2. The molecule has 1 aliphatic heterocycles. The first-order chi connectivity index (χ1) is 12.9. The maximum atomic E-state index is 13.0. The largest absolute Gasteiger partial charge is 0.492 e. The number of hydrogen-bond acceptors (Lipinski definition) is 5. The molecule has 2 amide bonds. The van der Waals surface area contributed by atoms with E-state index in [4.69, 9.17) is 4.74 Å². The molecule has 2 heterocycles. The number of carbonyl (C=O) groups is 1. The fraction of sp³-hybridized carbons (Fsp3) is 0.412. The van der Waals surface area contributed by atoms with Gasteiger partial charge in [0.25, 0.3) is 0 Å². The second-order valence-electron chi connectivity index (χ2n) is 6.03. The number of amides is 2. The van der Waals surface area contributed by atoms with Crippen LogP contribution in [0, 0.1) is 0 Å². The van der Waals surface area contributed by atoms with Gasteiger partial charge in [0.05, 0.1) is 6.20 Å². The molecule has 2 aromatic rings. The molecule has 0 fully saturated rings. The lowest BCUT2D eigenvalue weighted by atomic mass is 10.1. The summed E-state index contributed by atoms with van der Waals surface area (Å²) in [5.41, 5.74) is 1.26. The van der Waals surface area contributed by atoms with Crippen LogP contribution in [0.4, 0.5) is 10.5 Å². The fourth-order valence-electron chi connectivity index (χ4n) is 2.79. The minimum atomic E-state index is -3.69. The average Bonchev–Trinajstić information content (AvgIpc) is 3.02. The number of nitrogens with one attached hydrogen (secondary N) is 2. The van der Waals surface area contributed by atoms with Gasteiger partial charge in [0.15, 0.2) is 0 Å². The Kier molecular flexibility index (Phi) is 5.66. The van der Waals surface area contributed by atoms with Crippen LogP contribution in [-0.2, 0) is 23.1 Å². The van der Waals surface area contributed by atoms with E-state index in [1.54, 1.807) is 22.9 Å². The Hall–Kier alpha value is -2.59. The van der Waals surface area contributed by atoms with Crippen LogP contribution >= 0.6 is 0 Å². The van der Waals surface area contributed by atoms with Gasteiger partial charge in [0, 0.05) is 43.6 Å². The third-order valence-corrected chi connectivity index (χ3v) is 5.97. The number of aryl methyl sites for hydroxylation is 1. The number of benzene rings is 1. The van der Waals surface area contributed by atoms with Crippen LogP contribution in [0.3, 0.4) is 0 Å². The molecule has 1 aromatic carbocycles. The lowest BCUT2D eigenvalue weighted by Crippen LogP contribution is -2.32. The number of urea groups is 1. The highest BCUT2D eigenvalue weighted by atomic mass is 32.2. The molecule has 0 atom stereocenters. The number of hydrogen-bond donors (Lipinski definition) is 2. The minimum absolute atomic E-state index is 0.153. The Balaban J connectivity index is 1.85. The number of carbonyl (C=O) groups excluding carboxylic acids is 1. The molecule has 0 unspecified atom stereocenters. The minimum Gasteiger partial charge on any atom is -0.492 e. The van der Waals surface area contributed by atoms with E-state index >= 15 is 0 Å². The molecule has 0 saturated heterocycles. The van der Waals surface area contributed by atoms with Crippen LogP contribution in [-0.4, -0.2) is 48.2 Å². The zero-order chi connectivity index (χ0) is 19.4. The quantitative estimate of drug-likeness (QED) is 0.803. The third kappa shape index (κ3) is 4.22. The van der Waals surface area contributed by atoms with Crippen molar-refractivity contribution >= 4 is 21.7 Å². The van der Waals surface area contributed by atoms with Crippen molar-refractivity contribution in [1.29, 1.82) is 0 Å². The van der Waals surface area contributed by atoms with Gasteiger partial charge in [0.2, 0.25) is 10.0 Å². The van der Waals surface area contributed by atoms with Crippen LogP contribution < -0.4 is 15.4 Å². The molecule has 0 radical (unpaired) electrons. The van der Waals surface area contributed by atoms with Gasteiger partial charge in [0.1, 0.15) is 17.3 Å². The Morgan fingerprint density at radius 1 is 1.33 bits per heavy atom. The lowest BCUT2D eigenvalue weighted by Gasteiger charge is -2.18. The van der Waals surface area contributed by atoms with Gasteiger partial charge in [-0.3, -0.25) is 4.68 Å². The summed E-state index contributed by atoms with van der Waals surface area (Å²) in [6.07, 6.45) is 2.88. The molecular weight excluding hydrogens is 370 g/mol. The molecule has 0 saturated carbocycles. The molecule has 10 heteroatoms. The molecule has 27 heavy (non-hydrogen) atoms. The molecule has 1 aromatic heterocycles. The van der Waals surface area contributed by atoms with Gasteiger partial charge in [-0.1, -0.05) is 0 Å². The zero-order valence-electron chi connectivity index (χ0n) is 15.3. The number of sulfonamides is 1.